The first-order chi connectivity index (χ1) is 4.54. The molecule has 0 amide bonds. The summed E-state index contributed by atoms with van der Waals surface area (Å²) < 4.78 is 18.4. The van der Waals surface area contributed by atoms with Crippen LogP contribution in [0, 0.1) is 0 Å². The van der Waals surface area contributed by atoms with Crippen molar-refractivity contribution in [2.45, 2.75) is 19.9 Å². The maximum atomic E-state index is 10.1. The first-order valence-electron chi connectivity index (χ1n) is 3.07. The molecule has 0 saturated carbocycles. The zero-order valence-corrected chi connectivity index (χ0v) is 6.97. The summed E-state index contributed by atoms with van der Waals surface area (Å²) in [6.07, 6.45) is 0. The first-order valence-corrected chi connectivity index (χ1v) is 4.34. The van der Waals surface area contributed by atoms with E-state index in [-0.39, 0.29) is 18.3 Å². The number of nitrogens with zero attached hydrogens (tertiary/aromatic N) is 1. The summed E-state index contributed by atoms with van der Waals surface area (Å²) in [4.78, 5) is 0. The molecule has 0 aliphatic heterocycles. The van der Waals surface area contributed by atoms with Crippen molar-refractivity contribution in [2.75, 3.05) is 12.3 Å². The summed E-state index contributed by atoms with van der Waals surface area (Å²) in [5.74, 6) is 0.0919. The van der Waals surface area contributed by atoms with Gasteiger partial charge in [-0.2, -0.15) is 5.06 Å². The predicted octanol–water partition coefficient (Wildman–Crippen LogP) is 0.308. The Labute approximate surface area is 63.1 Å². The van der Waals surface area contributed by atoms with Gasteiger partial charge in [0.25, 0.3) is 0 Å². The monoisotopic (exact) mass is 167 g/mol. The largest absolute Gasteiger partial charge is 0.314 e. The molecule has 0 aromatic carbocycles. The molecule has 62 valence electrons. The molecule has 0 aromatic rings. The molecule has 0 rings (SSSR count). The highest BCUT2D eigenvalue weighted by Crippen LogP contribution is 1.91. The summed E-state index contributed by atoms with van der Waals surface area (Å²) in [5, 5.41) is 10.00. The second kappa shape index (κ2) is 4.79. The average Bonchev–Trinajstić information content (AvgIpc) is 1.82. The normalized spacial score (nSPS) is 14.6. The Balaban J connectivity index is 3.39. The Morgan fingerprint density at radius 1 is 1.60 bits per heavy atom. The molecule has 0 aromatic heterocycles. The van der Waals surface area contributed by atoms with Crippen LogP contribution < -0.4 is 0 Å². The molecule has 0 aliphatic carbocycles. The summed E-state index contributed by atoms with van der Waals surface area (Å²) in [6.45, 7) is 3.85. The lowest BCUT2D eigenvalue weighted by Gasteiger charge is -2.16. The van der Waals surface area contributed by atoms with E-state index in [1.54, 1.807) is 13.8 Å². The van der Waals surface area contributed by atoms with Crippen LogP contribution in [-0.4, -0.2) is 37.4 Å². The number of hydrogen-bond acceptors (Lipinski definition) is 3. The maximum Gasteiger partial charge on any atom is 0.154 e. The van der Waals surface area contributed by atoms with Gasteiger partial charge in [0.1, 0.15) is 0 Å². The van der Waals surface area contributed by atoms with Crippen LogP contribution in [0.1, 0.15) is 13.8 Å². The minimum atomic E-state index is -1.80. The van der Waals surface area contributed by atoms with Gasteiger partial charge in [-0.05, 0) is 13.8 Å². The lowest BCUT2D eigenvalue weighted by atomic mass is 10.4. The van der Waals surface area contributed by atoms with E-state index in [4.69, 9.17) is 9.76 Å². The highest BCUT2D eigenvalue weighted by Gasteiger charge is 2.05. The Bertz CT molecular complexity index is 117. The second-order valence-corrected chi connectivity index (χ2v) is 3.33. The van der Waals surface area contributed by atoms with Crippen molar-refractivity contribution in [3.8, 4) is 0 Å². The highest BCUT2D eigenvalue weighted by atomic mass is 32.2. The molecule has 0 aliphatic rings. The summed E-state index contributed by atoms with van der Waals surface area (Å²) in [6, 6.07) is 0.00329. The summed E-state index contributed by atoms with van der Waals surface area (Å²) in [7, 11) is 0. The lowest BCUT2D eigenvalue weighted by molar-refractivity contribution is -0.111. The minimum Gasteiger partial charge on any atom is -0.314 e. The average molecular weight is 167 g/mol. The smallest absolute Gasteiger partial charge is 0.154 e. The van der Waals surface area contributed by atoms with Gasteiger partial charge in [0.2, 0.25) is 0 Å². The van der Waals surface area contributed by atoms with Crippen LogP contribution in [0.4, 0.5) is 0 Å². The molecule has 4 nitrogen and oxygen atoms in total. The molecule has 2 N–H and O–H groups in total. The van der Waals surface area contributed by atoms with Crippen LogP contribution in [0.5, 0.6) is 0 Å². The van der Waals surface area contributed by atoms with Crippen LogP contribution in [0.2, 0.25) is 0 Å². The van der Waals surface area contributed by atoms with E-state index in [2.05, 4.69) is 0 Å². The van der Waals surface area contributed by atoms with Crippen molar-refractivity contribution in [2.24, 2.45) is 0 Å². The maximum absolute atomic E-state index is 10.1. The van der Waals surface area contributed by atoms with Crippen molar-refractivity contribution >= 4 is 11.1 Å². The van der Waals surface area contributed by atoms with Crippen LogP contribution in [-0.2, 0) is 11.1 Å². The molecule has 5 heteroatoms. The van der Waals surface area contributed by atoms with Gasteiger partial charge in [0.15, 0.2) is 11.1 Å². The molecule has 0 bridgehead atoms. The van der Waals surface area contributed by atoms with E-state index < -0.39 is 11.1 Å². The summed E-state index contributed by atoms with van der Waals surface area (Å²) >= 11 is -1.80. The zero-order valence-electron chi connectivity index (χ0n) is 6.15. The highest BCUT2D eigenvalue weighted by molar-refractivity contribution is 7.79. The fourth-order valence-corrected chi connectivity index (χ4v) is 0.773. The van der Waals surface area contributed by atoms with Gasteiger partial charge >= 0.3 is 0 Å². The standard InChI is InChI=1S/C5H13NO3S/c1-5(2)6(7)3-4-10(8)9/h5,7H,3-4H2,1-2H3,(H,8,9). The molecule has 0 saturated heterocycles. The third-order valence-corrected chi connectivity index (χ3v) is 1.62. The fraction of sp³-hybridized carbons (Fsp3) is 1.00. The number of rotatable bonds is 4. The van der Waals surface area contributed by atoms with E-state index in [1.165, 1.54) is 0 Å². The van der Waals surface area contributed by atoms with Gasteiger partial charge in [-0.3, -0.25) is 0 Å². The van der Waals surface area contributed by atoms with Crippen LogP contribution >= 0.6 is 0 Å². The Morgan fingerprint density at radius 2 is 2.10 bits per heavy atom. The van der Waals surface area contributed by atoms with Crippen molar-refractivity contribution in [3.63, 3.8) is 0 Å². The predicted molar refractivity (Wildman–Crippen MR) is 39.3 cm³/mol. The Morgan fingerprint density at radius 3 is 2.40 bits per heavy atom. The molecule has 1 atom stereocenters. The van der Waals surface area contributed by atoms with Gasteiger partial charge in [-0.15, -0.1) is 0 Å². The quantitative estimate of drug-likeness (QED) is 0.467. The SMILES string of the molecule is CC(C)N(O)CCS(=O)O. The zero-order chi connectivity index (χ0) is 8.15. The van der Waals surface area contributed by atoms with E-state index in [0.717, 1.165) is 5.06 Å². The third-order valence-electron chi connectivity index (χ3n) is 1.09. The molecule has 1 unspecified atom stereocenters. The van der Waals surface area contributed by atoms with Crippen LogP contribution in [0.25, 0.3) is 0 Å². The van der Waals surface area contributed by atoms with Crippen LogP contribution in [0.15, 0.2) is 0 Å². The van der Waals surface area contributed by atoms with E-state index in [0.29, 0.717) is 0 Å². The van der Waals surface area contributed by atoms with Crippen molar-refractivity contribution in [1.82, 2.24) is 5.06 Å². The van der Waals surface area contributed by atoms with E-state index in [9.17, 15) is 4.21 Å². The van der Waals surface area contributed by atoms with Crippen molar-refractivity contribution < 1.29 is 14.0 Å². The first kappa shape index (κ1) is 10.0. The van der Waals surface area contributed by atoms with E-state index >= 15 is 0 Å². The Kier molecular flexibility index (Phi) is 4.80. The van der Waals surface area contributed by atoms with E-state index in [1.807, 2.05) is 0 Å². The summed E-state index contributed by atoms with van der Waals surface area (Å²) in [5.41, 5.74) is 0. The van der Waals surface area contributed by atoms with Gasteiger partial charge in [0.05, 0.1) is 5.75 Å². The molecule has 10 heavy (non-hydrogen) atoms. The number of hydrogen-bond donors (Lipinski definition) is 2. The molecular formula is C5H13NO3S. The van der Waals surface area contributed by atoms with Crippen molar-refractivity contribution in [1.29, 1.82) is 0 Å². The van der Waals surface area contributed by atoms with Crippen molar-refractivity contribution in [3.05, 3.63) is 0 Å². The molecule has 0 spiro atoms. The minimum absolute atomic E-state index is 0.00329. The number of hydroxylamine groups is 2. The molecule has 0 radical (unpaired) electrons. The van der Waals surface area contributed by atoms with Gasteiger partial charge in [-0.1, -0.05) is 0 Å². The lowest BCUT2D eigenvalue weighted by Crippen LogP contribution is -2.30. The van der Waals surface area contributed by atoms with Gasteiger partial charge < -0.3 is 9.76 Å². The molecule has 0 fully saturated rings. The third kappa shape index (κ3) is 4.87. The fourth-order valence-electron chi connectivity index (χ4n) is 0.430. The molecule has 0 heterocycles. The second-order valence-electron chi connectivity index (χ2n) is 2.28. The van der Waals surface area contributed by atoms with Gasteiger partial charge in [0, 0.05) is 12.6 Å². The topological polar surface area (TPSA) is 60.8 Å². The van der Waals surface area contributed by atoms with Gasteiger partial charge in [-0.25, -0.2) is 4.21 Å². The molecular weight excluding hydrogens is 154 g/mol. The van der Waals surface area contributed by atoms with Crippen LogP contribution in [0.3, 0.4) is 0 Å². The Hall–Kier alpha value is 0.0300.